The molecule has 0 aliphatic heterocycles. The topological polar surface area (TPSA) is 18.5 Å². The molecule has 2 fully saturated rings. The van der Waals surface area contributed by atoms with Gasteiger partial charge in [0.2, 0.25) is 0 Å². The minimum Gasteiger partial charge on any atom is -0.429 e. The van der Waals surface area contributed by atoms with Crippen molar-refractivity contribution in [3.8, 4) is 5.75 Å². The lowest BCUT2D eigenvalue weighted by Crippen LogP contribution is -2.33. The van der Waals surface area contributed by atoms with Crippen LogP contribution in [0.25, 0.3) is 0 Å². The zero-order valence-electron chi connectivity index (χ0n) is 14.3. The number of benzene rings is 1. The highest BCUT2D eigenvalue weighted by atomic mass is 19.3. The van der Waals surface area contributed by atoms with Crippen LogP contribution >= 0.6 is 0 Å². The summed E-state index contributed by atoms with van der Waals surface area (Å²) in [5.74, 6) is -1.90. The number of alkyl halides is 2. The zero-order valence-corrected chi connectivity index (χ0v) is 14.3. The Morgan fingerprint density at radius 2 is 1.64 bits per heavy atom. The van der Waals surface area contributed by atoms with Crippen molar-refractivity contribution in [3.63, 3.8) is 0 Å². The number of hydrogen-bond acceptors (Lipinski definition) is 2. The normalized spacial score (nSPS) is 29.5. The highest BCUT2D eigenvalue weighted by molar-refractivity contribution is 5.33. The van der Waals surface area contributed by atoms with Crippen LogP contribution in [-0.4, -0.2) is 19.3 Å². The Balaban J connectivity index is 1.68. The second kappa shape index (κ2) is 7.94. The summed E-state index contributed by atoms with van der Waals surface area (Å²) in [6.07, 6.45) is 6.26. The fourth-order valence-electron chi connectivity index (χ4n) is 4.55. The average Bonchev–Trinajstić information content (AvgIpc) is 2.57. The second-order valence-corrected chi connectivity index (χ2v) is 7.11. The van der Waals surface area contributed by atoms with Gasteiger partial charge in [0.1, 0.15) is 0 Å². The van der Waals surface area contributed by atoms with Crippen LogP contribution in [-0.2, 0) is 4.74 Å². The van der Waals surface area contributed by atoms with Gasteiger partial charge in [0.25, 0.3) is 0 Å². The lowest BCUT2D eigenvalue weighted by molar-refractivity contribution is -0.0547. The summed E-state index contributed by atoms with van der Waals surface area (Å²) in [5.41, 5.74) is 0.544. The van der Waals surface area contributed by atoms with E-state index in [1.165, 1.54) is 0 Å². The molecule has 2 aliphatic carbocycles. The van der Waals surface area contributed by atoms with Crippen molar-refractivity contribution in [1.29, 1.82) is 0 Å². The minimum absolute atomic E-state index is 0.0643. The van der Waals surface area contributed by atoms with Gasteiger partial charge in [0.15, 0.2) is 17.4 Å². The highest BCUT2D eigenvalue weighted by Crippen LogP contribution is 2.47. The van der Waals surface area contributed by atoms with Gasteiger partial charge in [-0.25, -0.2) is 8.78 Å². The van der Waals surface area contributed by atoms with E-state index >= 15 is 0 Å². The Bertz CT molecular complexity index is 570. The molecule has 140 valence electrons. The van der Waals surface area contributed by atoms with Crippen molar-refractivity contribution in [2.75, 3.05) is 6.61 Å². The molecule has 2 saturated carbocycles. The molecule has 1 aromatic carbocycles. The molecule has 0 aromatic heterocycles. The fraction of sp³-hybridized carbons (Fsp3) is 0.684. The molecule has 2 nitrogen and oxygen atoms in total. The Labute approximate surface area is 145 Å². The van der Waals surface area contributed by atoms with Crippen LogP contribution in [0.5, 0.6) is 5.75 Å². The predicted octanol–water partition coefficient (Wildman–Crippen LogP) is 5.66. The molecular weight excluding hydrogens is 336 g/mol. The highest BCUT2D eigenvalue weighted by Gasteiger charge is 2.36. The van der Waals surface area contributed by atoms with Gasteiger partial charge < -0.3 is 9.47 Å². The summed E-state index contributed by atoms with van der Waals surface area (Å²) in [6.45, 7) is -0.505. The van der Waals surface area contributed by atoms with E-state index in [0.29, 0.717) is 23.5 Å². The van der Waals surface area contributed by atoms with Gasteiger partial charge in [-0.2, -0.15) is 8.78 Å². The predicted molar refractivity (Wildman–Crippen MR) is 85.8 cm³/mol. The molecule has 0 bridgehead atoms. The second-order valence-electron chi connectivity index (χ2n) is 7.11. The van der Waals surface area contributed by atoms with E-state index in [0.717, 1.165) is 57.3 Å². The van der Waals surface area contributed by atoms with Crippen molar-refractivity contribution in [2.24, 2.45) is 11.8 Å². The molecule has 0 radical (unpaired) electrons. The van der Waals surface area contributed by atoms with E-state index in [4.69, 9.17) is 4.74 Å². The minimum atomic E-state index is -3.24. The molecule has 25 heavy (non-hydrogen) atoms. The zero-order chi connectivity index (χ0) is 18.0. The first-order valence-corrected chi connectivity index (χ1v) is 9.03. The summed E-state index contributed by atoms with van der Waals surface area (Å²) >= 11 is 0. The molecule has 2 aliphatic rings. The van der Waals surface area contributed by atoms with E-state index in [9.17, 15) is 17.6 Å². The summed E-state index contributed by atoms with van der Waals surface area (Å²) in [5, 5.41) is 0. The van der Waals surface area contributed by atoms with Crippen LogP contribution in [0.2, 0.25) is 0 Å². The van der Waals surface area contributed by atoms with Gasteiger partial charge >= 0.3 is 6.61 Å². The van der Waals surface area contributed by atoms with Gasteiger partial charge in [-0.05, 0) is 80.9 Å². The van der Waals surface area contributed by atoms with Crippen LogP contribution in [0.15, 0.2) is 12.1 Å². The van der Waals surface area contributed by atoms with Crippen molar-refractivity contribution in [2.45, 2.75) is 64.1 Å². The fourth-order valence-corrected chi connectivity index (χ4v) is 4.55. The van der Waals surface area contributed by atoms with Gasteiger partial charge in [0, 0.05) is 6.61 Å². The summed E-state index contributed by atoms with van der Waals surface area (Å²) in [7, 11) is 0. The maximum Gasteiger partial charge on any atom is 0.387 e. The van der Waals surface area contributed by atoms with Crippen molar-refractivity contribution < 1.29 is 27.0 Å². The third-order valence-corrected chi connectivity index (χ3v) is 5.67. The Morgan fingerprint density at radius 3 is 2.28 bits per heavy atom. The van der Waals surface area contributed by atoms with Crippen LogP contribution in [0.4, 0.5) is 17.6 Å². The monoisotopic (exact) mass is 360 g/mol. The molecule has 0 heterocycles. The Morgan fingerprint density at radius 1 is 1.00 bits per heavy atom. The molecule has 0 N–H and O–H groups in total. The first-order valence-electron chi connectivity index (χ1n) is 9.03. The molecule has 4 atom stereocenters. The lowest BCUT2D eigenvalue weighted by atomic mass is 9.65. The van der Waals surface area contributed by atoms with Gasteiger partial charge in [-0.3, -0.25) is 0 Å². The van der Waals surface area contributed by atoms with E-state index in [1.807, 2.05) is 6.92 Å². The molecule has 0 saturated heterocycles. The Kier molecular flexibility index (Phi) is 5.87. The largest absolute Gasteiger partial charge is 0.429 e. The molecule has 6 heteroatoms. The standard InChI is InChI=1S/C19H24F4O2/c1-2-24-15-6-5-11-7-12(3-4-13(11)8-15)14-9-16(20)18(17(21)10-14)25-19(22)23/h9-13,15,19H,2-8H2,1H3. The van der Waals surface area contributed by atoms with Gasteiger partial charge in [-0.15, -0.1) is 0 Å². The van der Waals surface area contributed by atoms with Gasteiger partial charge in [0.05, 0.1) is 6.10 Å². The van der Waals surface area contributed by atoms with Crippen molar-refractivity contribution >= 4 is 0 Å². The van der Waals surface area contributed by atoms with E-state index in [-0.39, 0.29) is 5.92 Å². The van der Waals surface area contributed by atoms with Gasteiger partial charge in [-0.1, -0.05) is 0 Å². The van der Waals surface area contributed by atoms with Crippen LogP contribution < -0.4 is 4.74 Å². The average molecular weight is 360 g/mol. The number of halogens is 4. The molecule has 1 aromatic rings. The van der Waals surface area contributed by atoms with Crippen LogP contribution in [0.3, 0.4) is 0 Å². The molecule has 3 rings (SSSR count). The SMILES string of the molecule is CCOC1CCC2CC(c3cc(F)c(OC(F)F)c(F)c3)CCC2C1. The summed E-state index contributed by atoms with van der Waals surface area (Å²) in [6, 6.07) is 2.30. The van der Waals surface area contributed by atoms with E-state index in [1.54, 1.807) is 0 Å². The van der Waals surface area contributed by atoms with E-state index < -0.39 is 24.0 Å². The van der Waals surface area contributed by atoms with Crippen molar-refractivity contribution in [3.05, 3.63) is 29.3 Å². The first kappa shape index (κ1) is 18.5. The third kappa shape index (κ3) is 4.27. The Hall–Kier alpha value is -1.30. The van der Waals surface area contributed by atoms with Crippen LogP contribution in [0.1, 0.15) is 56.9 Å². The maximum atomic E-state index is 14.0. The lowest BCUT2D eigenvalue weighted by Gasteiger charge is -2.42. The van der Waals surface area contributed by atoms with E-state index in [2.05, 4.69) is 4.74 Å². The summed E-state index contributed by atoms with van der Waals surface area (Å²) in [4.78, 5) is 0. The smallest absolute Gasteiger partial charge is 0.387 e. The molecule has 4 unspecified atom stereocenters. The number of fused-ring (bicyclic) bond motifs is 1. The molecular formula is C19H24F4O2. The summed E-state index contributed by atoms with van der Waals surface area (Å²) < 4.78 is 62.1. The van der Waals surface area contributed by atoms with Crippen LogP contribution in [0, 0.1) is 23.5 Å². The first-order chi connectivity index (χ1) is 12.0. The quantitative estimate of drug-likeness (QED) is 0.631. The number of rotatable bonds is 5. The number of hydrogen-bond donors (Lipinski definition) is 0. The number of ether oxygens (including phenoxy) is 2. The third-order valence-electron chi connectivity index (χ3n) is 5.67. The molecule has 0 spiro atoms. The molecule has 0 amide bonds. The maximum absolute atomic E-state index is 14.0. The van der Waals surface area contributed by atoms with Crippen molar-refractivity contribution in [1.82, 2.24) is 0 Å².